The molecule has 90 heavy (non-hydrogen) atoms. The summed E-state index contributed by atoms with van der Waals surface area (Å²) in [5.74, 6) is -9.16. The number of phenols is 3. The molecule has 4 aliphatic rings. The Kier molecular flexibility index (Phi) is 26.2. The smallest absolute Gasteiger partial charge is 0.410 e. The number of unbranched alkanes of at least 4 members (excludes halogenated alkanes) is 1. The number of piperazine rings is 1. The van der Waals surface area contributed by atoms with Crippen LogP contribution < -0.4 is 21.0 Å². The van der Waals surface area contributed by atoms with Crippen molar-refractivity contribution >= 4 is 52.2 Å². The Morgan fingerprint density at radius 1 is 0.911 bits per heavy atom. The van der Waals surface area contributed by atoms with Crippen LogP contribution in [-0.2, 0) is 28.5 Å². The number of amides is 2. The van der Waals surface area contributed by atoms with Crippen LogP contribution in [0.15, 0.2) is 92.1 Å². The van der Waals surface area contributed by atoms with Crippen molar-refractivity contribution in [2.75, 3.05) is 52.8 Å². The lowest BCUT2D eigenvalue weighted by atomic mass is 9.78. The third kappa shape index (κ3) is 17.6. The molecule has 5 bridgehead atoms. The number of aromatic hydroxyl groups is 4. The molecule has 0 spiro atoms. The highest BCUT2D eigenvalue weighted by Crippen LogP contribution is 2.55. The number of aliphatic hydroxyl groups excluding tert-OH is 2. The Bertz CT molecular complexity index is 3390. The Morgan fingerprint density at radius 3 is 2.21 bits per heavy atom. The minimum absolute atomic E-state index is 0.0559. The van der Waals surface area contributed by atoms with Crippen molar-refractivity contribution in [3.63, 3.8) is 0 Å². The Balaban J connectivity index is 0.000000401. The number of benzene rings is 2. The summed E-state index contributed by atoms with van der Waals surface area (Å²) >= 11 is 0. The van der Waals surface area contributed by atoms with Crippen molar-refractivity contribution in [2.45, 2.75) is 151 Å². The third-order valence-corrected chi connectivity index (χ3v) is 16.7. The molecule has 2 amide bonds. The third-order valence-electron chi connectivity index (χ3n) is 16.7. The number of carbonyl (C=O) groups is 5. The number of rotatable bonds is 15. The minimum atomic E-state index is -2.04. The van der Waals surface area contributed by atoms with E-state index in [2.05, 4.69) is 32.3 Å². The first kappa shape index (κ1) is 72.5. The van der Waals surface area contributed by atoms with Crippen LogP contribution in [0.1, 0.15) is 152 Å². The second-order valence-electron chi connectivity index (χ2n) is 23.6. The van der Waals surface area contributed by atoms with E-state index < -0.39 is 106 Å². The second kappa shape index (κ2) is 32.5. The zero-order valence-corrected chi connectivity index (χ0v) is 54.3. The van der Waals surface area contributed by atoms with E-state index in [1.807, 2.05) is 27.0 Å². The average Bonchev–Trinajstić information content (AvgIpc) is 1.44. The molecule has 5 heterocycles. The fourth-order valence-electron chi connectivity index (χ4n) is 10.7. The highest BCUT2D eigenvalue weighted by molar-refractivity contribution is 6.24. The van der Waals surface area contributed by atoms with Crippen molar-refractivity contribution < 1.29 is 82.7 Å². The topological polar surface area (TPSA) is 326 Å². The minimum Gasteiger partial charge on any atom is -0.507 e. The number of hydrazone groups is 1. The number of fused-ring (bicyclic) bond motifs is 14. The van der Waals surface area contributed by atoms with E-state index in [-0.39, 0.29) is 61.7 Å². The molecule has 0 saturated carbocycles. The molecule has 3 aromatic rings. The zero-order valence-electron chi connectivity index (χ0n) is 54.3. The monoisotopic (exact) mass is 1250 g/mol. The quantitative estimate of drug-likeness (QED) is 0.0133. The number of Topliss-reactive ketones (excluding diaryl/α,β-unsaturated/α-hetero) is 2. The van der Waals surface area contributed by atoms with Gasteiger partial charge in [-0.3, -0.25) is 29.5 Å². The van der Waals surface area contributed by atoms with Gasteiger partial charge in [-0.25, -0.2) is 9.59 Å². The fraction of sp³-hybridized carbons (Fsp3) is 0.507. The SMILES string of the molecule is CCCC/C(C)=C/C=C(\C)C(=O)c1c(O)cc([C@H](C)CC/C=C/NC(=O)OC)oc1=O.CO[C@H]1/C=C/O[C@@]2(C)Oc3c(C)c(O)c4c(O)c(c(/C=N/N5CCN(C)CC5)c(O)c4c3C2=O)NC(=O)/C(C)=C\C=C\[C@H](C)[C@H](O)[C@@H](C)[C@@H](O)[C@@H](C)[C@H](OC(C)=O)[C@@H]1C. The lowest BCUT2D eigenvalue weighted by Crippen LogP contribution is -2.46. The molecular weight excluding hydrogens is 1160 g/mol. The summed E-state index contributed by atoms with van der Waals surface area (Å²) in [6.07, 6.45) is 15.4. The van der Waals surface area contributed by atoms with Gasteiger partial charge in [0.1, 0.15) is 40.4 Å². The maximum atomic E-state index is 14.4. The van der Waals surface area contributed by atoms with Crippen LogP contribution in [0.4, 0.5) is 10.5 Å². The molecule has 8 N–H and O–H groups in total. The summed E-state index contributed by atoms with van der Waals surface area (Å²) in [6.45, 7) is 22.6. The van der Waals surface area contributed by atoms with Crippen LogP contribution in [0.2, 0.25) is 0 Å². The van der Waals surface area contributed by atoms with Crippen molar-refractivity contribution in [1.29, 1.82) is 0 Å². The number of aliphatic hydroxyl groups is 2. The van der Waals surface area contributed by atoms with Gasteiger partial charge in [0.05, 0.1) is 60.1 Å². The Morgan fingerprint density at radius 2 is 1.59 bits per heavy atom. The van der Waals surface area contributed by atoms with E-state index >= 15 is 0 Å². The number of likely N-dealkylation sites (N-methyl/N-ethyl adjacent to an activating group) is 1. The van der Waals surface area contributed by atoms with Crippen LogP contribution in [0.3, 0.4) is 0 Å². The molecule has 1 fully saturated rings. The number of ketones is 2. The summed E-state index contributed by atoms with van der Waals surface area (Å²) in [4.78, 5) is 78.6. The number of nitrogens with one attached hydrogen (secondary N) is 2. The first-order valence-electron chi connectivity index (χ1n) is 30.2. The van der Waals surface area contributed by atoms with Crippen molar-refractivity contribution in [1.82, 2.24) is 15.2 Å². The van der Waals surface area contributed by atoms with Crippen LogP contribution in [-0.4, -0.2) is 154 Å². The molecule has 7 rings (SSSR count). The molecule has 0 aliphatic carbocycles. The van der Waals surface area contributed by atoms with Crippen molar-refractivity contribution in [3.8, 4) is 28.7 Å². The van der Waals surface area contributed by atoms with Gasteiger partial charge in [-0.1, -0.05) is 90.0 Å². The molecule has 1 saturated heterocycles. The second-order valence-corrected chi connectivity index (χ2v) is 23.6. The predicted octanol–water partition coefficient (Wildman–Crippen LogP) is 9.70. The Hall–Kier alpha value is -8.25. The number of hydrogen-bond donors (Lipinski definition) is 8. The van der Waals surface area contributed by atoms with Crippen molar-refractivity contribution in [2.24, 2.45) is 28.8 Å². The highest BCUT2D eigenvalue weighted by atomic mass is 16.7. The lowest BCUT2D eigenvalue weighted by molar-refractivity contribution is -0.160. The summed E-state index contributed by atoms with van der Waals surface area (Å²) in [7, 11) is 4.70. The molecule has 0 radical (unpaired) electrons. The van der Waals surface area contributed by atoms with Gasteiger partial charge in [-0.05, 0) is 72.1 Å². The number of phenolic OH excluding ortho intramolecular Hbond substituents is 3. The van der Waals surface area contributed by atoms with E-state index in [1.54, 1.807) is 63.9 Å². The highest BCUT2D eigenvalue weighted by Gasteiger charge is 2.50. The molecule has 10 atom stereocenters. The maximum absolute atomic E-state index is 14.4. The number of ether oxygens (including phenoxy) is 5. The number of methoxy groups -OCH3 is 2. The maximum Gasteiger partial charge on any atom is 0.410 e. The normalized spacial score (nSPS) is 25.6. The van der Waals surface area contributed by atoms with Gasteiger partial charge < -0.3 is 69.0 Å². The van der Waals surface area contributed by atoms with Gasteiger partial charge in [0.2, 0.25) is 0 Å². The van der Waals surface area contributed by atoms with Gasteiger partial charge in [-0.15, -0.1) is 0 Å². The summed E-state index contributed by atoms with van der Waals surface area (Å²) in [5, 5.41) is 79.6. The standard InChI is InChI=1S/C43H58N4O12.C24H33NO6/c1-21-12-11-13-22(2)42(55)45-33-28(20-44-47-17-15-46(9)16-18-47)37(52)30-31(38(33)53)36(51)26(6)40-32(30)41(54)43(8,59-40)57-19-14-29(56-10)23(3)39(58-27(7)48)25(5)35(50)24(4)34(21)49;1-6-7-10-16(2)12-13-18(4)22(27)21-19(26)15-20(31-23(21)28)17(3)11-8-9-14-25-24(29)30-5/h11-14,19-21,23-25,29,34-35,39,49-53H,15-18H2,1-10H3,(H,45,55);9,12-15,17,26H,6-8,10-11H2,1-5H3,(H,25,29)/b12-11+,19-14+,22-13-,44-20+;14-9+,16-12+,18-13+/t21-,23+,24+,25+,29-,34-,35+,39+,43-;17-/m01/s1. The van der Waals surface area contributed by atoms with Crippen LogP contribution in [0, 0.1) is 30.6 Å². The molecule has 0 unspecified atom stereocenters. The predicted molar refractivity (Wildman–Crippen MR) is 341 cm³/mol. The number of alkyl carbamates (subject to hydrolysis) is 1. The van der Waals surface area contributed by atoms with Gasteiger partial charge in [0, 0.05) is 106 Å². The first-order valence-corrected chi connectivity index (χ1v) is 30.2. The van der Waals surface area contributed by atoms with Gasteiger partial charge in [-0.2, -0.15) is 5.10 Å². The van der Waals surface area contributed by atoms with E-state index in [1.165, 1.54) is 78.8 Å². The molecule has 1 aromatic heterocycles. The lowest BCUT2D eigenvalue weighted by Gasteiger charge is -2.38. The molecule has 23 heteroatoms. The van der Waals surface area contributed by atoms with E-state index in [9.17, 15) is 59.4 Å². The van der Waals surface area contributed by atoms with Crippen LogP contribution >= 0.6 is 0 Å². The molecule has 4 aliphatic heterocycles. The Labute approximate surface area is 526 Å². The molecule has 492 valence electrons. The number of esters is 1. The van der Waals surface area contributed by atoms with Gasteiger partial charge in [0.25, 0.3) is 11.7 Å². The average molecular weight is 1250 g/mol. The largest absolute Gasteiger partial charge is 0.507 e. The first-order chi connectivity index (χ1) is 42.4. The van der Waals surface area contributed by atoms with Crippen LogP contribution in [0.25, 0.3) is 10.8 Å². The van der Waals surface area contributed by atoms with E-state index in [4.69, 9.17) is 23.4 Å². The molecule has 2 aromatic carbocycles. The summed E-state index contributed by atoms with van der Waals surface area (Å²) in [6, 6.07) is 1.32. The zero-order chi connectivity index (χ0) is 67.1. The number of hydrogen-bond acceptors (Lipinski definition) is 21. The van der Waals surface area contributed by atoms with Crippen LogP contribution in [0.5, 0.6) is 28.7 Å². The van der Waals surface area contributed by atoms with E-state index in [0.29, 0.717) is 37.3 Å². The fourth-order valence-corrected chi connectivity index (χ4v) is 10.7. The summed E-state index contributed by atoms with van der Waals surface area (Å²) < 4.78 is 33.4. The summed E-state index contributed by atoms with van der Waals surface area (Å²) in [5.41, 5.74) is -0.0645. The number of nitrogens with zero attached hydrogens (tertiary/aromatic N) is 3. The molecular formula is C67H91N5O18. The van der Waals surface area contributed by atoms with Crippen molar-refractivity contribution in [3.05, 3.63) is 116 Å². The number of allylic oxidation sites excluding steroid dienone is 7. The number of anilines is 1. The van der Waals surface area contributed by atoms with Gasteiger partial charge in [0.15, 0.2) is 11.5 Å². The molecule has 23 nitrogen and oxygen atoms in total. The van der Waals surface area contributed by atoms with E-state index in [0.717, 1.165) is 37.9 Å². The van der Waals surface area contributed by atoms with Gasteiger partial charge >= 0.3 is 23.5 Å². The number of carbonyl (C=O) groups excluding carboxylic acids is 5.